The van der Waals surface area contributed by atoms with E-state index in [0.717, 1.165) is 10.8 Å². The summed E-state index contributed by atoms with van der Waals surface area (Å²) in [5, 5.41) is 14.4. The average Bonchev–Trinajstić information content (AvgIpc) is 2.43. The minimum atomic E-state index is -1.14. The van der Waals surface area contributed by atoms with Crippen LogP contribution in [-0.2, 0) is 9.63 Å². The molecule has 5 nitrogen and oxygen atoms in total. The van der Waals surface area contributed by atoms with Crippen molar-refractivity contribution in [2.24, 2.45) is 5.16 Å². The Balaban J connectivity index is 2.71. The molecule has 0 fully saturated rings. The van der Waals surface area contributed by atoms with Gasteiger partial charge in [0.15, 0.2) is 5.71 Å². The van der Waals surface area contributed by atoms with Crippen LogP contribution >= 0.6 is 0 Å². The van der Waals surface area contributed by atoms with E-state index in [2.05, 4.69) is 9.99 Å². The van der Waals surface area contributed by atoms with Gasteiger partial charge in [-0.05, 0) is 22.9 Å². The summed E-state index contributed by atoms with van der Waals surface area (Å²) in [5.74, 6) is -0.487. The highest BCUT2D eigenvalue weighted by Crippen LogP contribution is 2.24. The van der Waals surface area contributed by atoms with Gasteiger partial charge >= 0.3 is 5.97 Å². The van der Waals surface area contributed by atoms with Crippen LogP contribution in [0.5, 0.6) is 5.75 Å². The Morgan fingerprint density at radius 3 is 2.63 bits per heavy atom. The number of carboxylic acid groups (broad SMARTS) is 1. The van der Waals surface area contributed by atoms with Gasteiger partial charge in [0.1, 0.15) is 12.9 Å². The molecular weight excluding hydrogens is 246 g/mol. The molecule has 0 spiro atoms. The predicted octanol–water partition coefficient (Wildman–Crippen LogP) is 2.28. The van der Waals surface area contributed by atoms with Gasteiger partial charge in [-0.15, -0.1) is 0 Å². The Kier molecular flexibility index (Phi) is 3.66. The van der Waals surface area contributed by atoms with Crippen LogP contribution in [0.15, 0.2) is 41.6 Å². The van der Waals surface area contributed by atoms with Gasteiger partial charge in [-0.2, -0.15) is 0 Å². The molecule has 0 aromatic heterocycles. The Morgan fingerprint density at radius 1 is 1.21 bits per heavy atom. The zero-order chi connectivity index (χ0) is 13.8. The van der Waals surface area contributed by atoms with Crippen LogP contribution in [0.2, 0.25) is 0 Å². The van der Waals surface area contributed by atoms with E-state index >= 15 is 0 Å². The maximum Gasteiger partial charge on any atom is 0.358 e. The second-order valence-corrected chi connectivity index (χ2v) is 3.82. The SMILES string of the molecule is CO/N=C(/C(=O)O)c1cccc2ccc(OC)cc12. The number of hydrogen-bond donors (Lipinski definition) is 1. The standard InChI is InChI=1S/C14H13NO4/c1-18-10-7-6-9-4-3-5-11(12(9)8-10)13(14(16)17)15-19-2/h3-8H,1-2H3,(H,16,17)/b15-13+. The molecule has 0 aliphatic heterocycles. The smallest absolute Gasteiger partial charge is 0.358 e. The summed E-state index contributed by atoms with van der Waals surface area (Å²) in [7, 11) is 2.87. The van der Waals surface area contributed by atoms with Crippen molar-refractivity contribution in [2.45, 2.75) is 0 Å². The monoisotopic (exact) mass is 259 g/mol. The molecule has 0 saturated carbocycles. The third-order valence-corrected chi connectivity index (χ3v) is 2.73. The Bertz CT molecular complexity index is 649. The number of oxime groups is 1. The first kappa shape index (κ1) is 12.9. The van der Waals surface area contributed by atoms with Crippen molar-refractivity contribution in [2.75, 3.05) is 14.2 Å². The fraction of sp³-hybridized carbons (Fsp3) is 0.143. The Labute approximate surface area is 110 Å². The summed E-state index contributed by atoms with van der Waals surface area (Å²) in [6.45, 7) is 0. The predicted molar refractivity (Wildman–Crippen MR) is 71.7 cm³/mol. The van der Waals surface area contributed by atoms with Gasteiger partial charge in [-0.25, -0.2) is 4.79 Å². The van der Waals surface area contributed by atoms with Crippen molar-refractivity contribution >= 4 is 22.5 Å². The molecule has 5 heteroatoms. The molecule has 2 aromatic carbocycles. The van der Waals surface area contributed by atoms with Gasteiger partial charge in [0, 0.05) is 5.56 Å². The molecule has 0 radical (unpaired) electrons. The lowest BCUT2D eigenvalue weighted by Crippen LogP contribution is -2.15. The first-order chi connectivity index (χ1) is 9.17. The zero-order valence-electron chi connectivity index (χ0n) is 10.6. The van der Waals surface area contributed by atoms with Crippen molar-refractivity contribution in [1.29, 1.82) is 0 Å². The second-order valence-electron chi connectivity index (χ2n) is 3.82. The summed E-state index contributed by atoms with van der Waals surface area (Å²) in [6.07, 6.45) is 0. The number of nitrogens with zero attached hydrogens (tertiary/aromatic N) is 1. The Morgan fingerprint density at radius 2 is 2.00 bits per heavy atom. The highest BCUT2D eigenvalue weighted by molar-refractivity contribution is 6.44. The minimum absolute atomic E-state index is 0.138. The van der Waals surface area contributed by atoms with E-state index in [-0.39, 0.29) is 5.71 Å². The summed E-state index contributed by atoms with van der Waals surface area (Å²) >= 11 is 0. The molecule has 2 rings (SSSR count). The van der Waals surface area contributed by atoms with E-state index in [0.29, 0.717) is 11.3 Å². The van der Waals surface area contributed by atoms with E-state index in [4.69, 9.17) is 4.74 Å². The molecule has 0 bridgehead atoms. The van der Waals surface area contributed by atoms with E-state index in [1.54, 1.807) is 25.3 Å². The van der Waals surface area contributed by atoms with Crippen molar-refractivity contribution in [1.82, 2.24) is 0 Å². The number of benzene rings is 2. The van der Waals surface area contributed by atoms with Gasteiger partial charge < -0.3 is 14.7 Å². The highest BCUT2D eigenvalue weighted by Gasteiger charge is 2.16. The number of hydrogen-bond acceptors (Lipinski definition) is 4. The summed E-state index contributed by atoms with van der Waals surface area (Å²) in [4.78, 5) is 15.8. The van der Waals surface area contributed by atoms with Crippen LogP contribution in [0, 0.1) is 0 Å². The lowest BCUT2D eigenvalue weighted by atomic mass is 10.0. The zero-order valence-corrected chi connectivity index (χ0v) is 10.6. The number of carboxylic acids is 1. The normalized spacial score (nSPS) is 11.4. The molecule has 2 aromatic rings. The van der Waals surface area contributed by atoms with Crippen LogP contribution in [-0.4, -0.2) is 31.0 Å². The lowest BCUT2D eigenvalue weighted by Gasteiger charge is -2.08. The number of methoxy groups -OCH3 is 1. The van der Waals surface area contributed by atoms with Crippen molar-refractivity contribution in [3.8, 4) is 5.75 Å². The minimum Gasteiger partial charge on any atom is -0.497 e. The van der Waals surface area contributed by atoms with Gasteiger partial charge in [0.25, 0.3) is 0 Å². The van der Waals surface area contributed by atoms with Gasteiger partial charge in [-0.1, -0.05) is 29.4 Å². The van der Waals surface area contributed by atoms with E-state index in [1.807, 2.05) is 18.2 Å². The van der Waals surface area contributed by atoms with E-state index in [9.17, 15) is 9.90 Å². The van der Waals surface area contributed by atoms with Gasteiger partial charge in [-0.3, -0.25) is 0 Å². The summed E-state index contributed by atoms with van der Waals surface area (Å²) < 4.78 is 5.16. The van der Waals surface area contributed by atoms with Crippen LogP contribution in [0.3, 0.4) is 0 Å². The first-order valence-corrected chi connectivity index (χ1v) is 5.59. The van der Waals surface area contributed by atoms with E-state index < -0.39 is 5.97 Å². The fourth-order valence-electron chi connectivity index (χ4n) is 1.88. The molecular formula is C14H13NO4. The van der Waals surface area contributed by atoms with Gasteiger partial charge in [0.2, 0.25) is 0 Å². The molecule has 0 unspecified atom stereocenters. The van der Waals surface area contributed by atoms with E-state index in [1.165, 1.54) is 7.11 Å². The number of fused-ring (bicyclic) bond motifs is 1. The maximum atomic E-state index is 11.2. The summed E-state index contributed by atoms with van der Waals surface area (Å²) in [6, 6.07) is 10.8. The third-order valence-electron chi connectivity index (χ3n) is 2.73. The number of carbonyl (C=O) groups is 1. The topological polar surface area (TPSA) is 68.1 Å². The maximum absolute atomic E-state index is 11.2. The lowest BCUT2D eigenvalue weighted by molar-refractivity contribution is -0.129. The first-order valence-electron chi connectivity index (χ1n) is 5.59. The molecule has 0 amide bonds. The number of ether oxygens (including phenoxy) is 1. The molecule has 0 heterocycles. The number of rotatable bonds is 4. The molecule has 0 atom stereocenters. The fourth-order valence-corrected chi connectivity index (χ4v) is 1.88. The van der Waals surface area contributed by atoms with Crippen molar-refractivity contribution < 1.29 is 19.5 Å². The molecule has 19 heavy (non-hydrogen) atoms. The average molecular weight is 259 g/mol. The van der Waals surface area contributed by atoms with Crippen LogP contribution in [0.25, 0.3) is 10.8 Å². The highest BCUT2D eigenvalue weighted by atomic mass is 16.6. The molecule has 0 aliphatic carbocycles. The second kappa shape index (κ2) is 5.39. The Hall–Kier alpha value is -2.56. The molecule has 98 valence electrons. The van der Waals surface area contributed by atoms with Crippen LogP contribution in [0.1, 0.15) is 5.56 Å². The largest absolute Gasteiger partial charge is 0.497 e. The van der Waals surface area contributed by atoms with Gasteiger partial charge in [0.05, 0.1) is 7.11 Å². The van der Waals surface area contributed by atoms with Crippen molar-refractivity contribution in [3.63, 3.8) is 0 Å². The molecule has 1 N–H and O–H groups in total. The molecule has 0 saturated heterocycles. The quantitative estimate of drug-likeness (QED) is 0.675. The third kappa shape index (κ3) is 2.49. The van der Waals surface area contributed by atoms with Crippen molar-refractivity contribution in [3.05, 3.63) is 42.0 Å². The van der Waals surface area contributed by atoms with Crippen LogP contribution in [0.4, 0.5) is 0 Å². The molecule has 0 aliphatic rings. The van der Waals surface area contributed by atoms with Crippen LogP contribution < -0.4 is 4.74 Å². The number of aliphatic carboxylic acids is 1. The summed E-state index contributed by atoms with van der Waals surface area (Å²) in [5.41, 5.74) is 0.354.